The molecule has 1 unspecified atom stereocenters. The van der Waals surface area contributed by atoms with E-state index < -0.39 is 0 Å². The first-order valence-corrected chi connectivity index (χ1v) is 14.9. The fourth-order valence-corrected chi connectivity index (χ4v) is 6.04. The summed E-state index contributed by atoms with van der Waals surface area (Å²) >= 11 is 6.05. The van der Waals surface area contributed by atoms with Crippen LogP contribution in [0.1, 0.15) is 41.7 Å². The Morgan fingerprint density at radius 1 is 1.12 bits per heavy atom. The Bertz CT molecular complexity index is 1600. The van der Waals surface area contributed by atoms with Crippen LogP contribution in [-0.2, 0) is 11.3 Å². The van der Waals surface area contributed by atoms with Crippen LogP contribution in [0.2, 0.25) is 5.02 Å². The lowest BCUT2D eigenvalue weighted by Gasteiger charge is -2.29. The van der Waals surface area contributed by atoms with Crippen LogP contribution < -0.4 is 21.1 Å². The van der Waals surface area contributed by atoms with Crippen molar-refractivity contribution in [3.63, 3.8) is 0 Å². The average Bonchev–Trinajstić information content (AvgIpc) is 3.29. The van der Waals surface area contributed by atoms with E-state index in [1.165, 1.54) is 0 Å². The molecule has 1 aliphatic heterocycles. The number of aryl methyl sites for hydroxylation is 1. The molecule has 4 aromatic rings. The summed E-state index contributed by atoms with van der Waals surface area (Å²) in [6, 6.07) is 13.3. The maximum atomic E-state index is 13.8. The van der Waals surface area contributed by atoms with Crippen molar-refractivity contribution in [2.75, 3.05) is 26.3 Å². The van der Waals surface area contributed by atoms with Gasteiger partial charge in [0.1, 0.15) is 12.7 Å². The molecule has 220 valence electrons. The van der Waals surface area contributed by atoms with E-state index in [2.05, 4.69) is 20.6 Å². The minimum absolute atomic E-state index is 0.00313. The second-order valence-electron chi connectivity index (χ2n) is 11.1. The van der Waals surface area contributed by atoms with E-state index in [0.717, 1.165) is 49.8 Å². The topological polar surface area (TPSA) is 112 Å². The van der Waals surface area contributed by atoms with E-state index in [-0.39, 0.29) is 23.7 Å². The number of benzene rings is 1. The molecule has 42 heavy (non-hydrogen) atoms. The van der Waals surface area contributed by atoms with Crippen LogP contribution in [0, 0.1) is 12.8 Å². The van der Waals surface area contributed by atoms with Crippen LogP contribution in [0.4, 0.5) is 0 Å². The van der Waals surface area contributed by atoms with Gasteiger partial charge in [-0.05, 0) is 62.8 Å². The number of imidazole rings is 1. The highest BCUT2D eigenvalue weighted by Gasteiger charge is 2.26. The molecule has 3 aromatic heterocycles. The monoisotopic (exact) mass is 590 g/mol. The summed E-state index contributed by atoms with van der Waals surface area (Å²) in [4.78, 5) is 35.3. The molecule has 2 fully saturated rings. The van der Waals surface area contributed by atoms with Crippen LogP contribution in [0.25, 0.3) is 16.7 Å². The number of pyridine rings is 2. The quantitative estimate of drug-likeness (QED) is 0.320. The number of halogens is 1. The molecule has 1 amide bonds. The summed E-state index contributed by atoms with van der Waals surface area (Å²) in [6.07, 6.45) is 6.75. The van der Waals surface area contributed by atoms with Crippen molar-refractivity contribution < 1.29 is 14.3 Å². The van der Waals surface area contributed by atoms with E-state index in [9.17, 15) is 9.59 Å². The standard InChI is InChI=1S/C31H35ClN6O4/c1-20-26(14-22(32)15-34-20)30(39)36-23-8-6-21(7-9-23)18-37-27-4-2-3-5-28(27)38(31(37)40)24-10-11-29(35-16-24)42-19-25-17-33-12-13-41-25/h2-5,10-11,14-16,21,23,25,33H,6-9,12-13,17-19H2,1H3,(H,36,39)/t21-,23-,25?. The minimum Gasteiger partial charge on any atom is -0.475 e. The SMILES string of the molecule is Cc1ncc(Cl)cc1C(=O)N[C@H]1CC[C@H](Cn2c(=O)n(-c3ccc(OCC4CNCCO4)nc3)c3ccccc32)CC1. The number of ether oxygens (including phenoxy) is 2. The predicted molar refractivity (Wildman–Crippen MR) is 161 cm³/mol. The minimum atomic E-state index is -0.144. The highest BCUT2D eigenvalue weighted by molar-refractivity contribution is 6.30. The third-order valence-electron chi connectivity index (χ3n) is 8.16. The largest absolute Gasteiger partial charge is 0.475 e. The molecule has 0 spiro atoms. The molecule has 11 heteroatoms. The van der Waals surface area contributed by atoms with Crippen LogP contribution in [-0.4, -0.2) is 63.5 Å². The number of nitrogens with one attached hydrogen (secondary N) is 2. The first-order chi connectivity index (χ1) is 20.5. The van der Waals surface area contributed by atoms with Gasteiger partial charge in [0.15, 0.2) is 0 Å². The van der Waals surface area contributed by atoms with Crippen molar-refractivity contribution in [1.29, 1.82) is 0 Å². The van der Waals surface area contributed by atoms with Crippen molar-refractivity contribution in [3.05, 3.63) is 81.6 Å². The van der Waals surface area contributed by atoms with Crippen molar-refractivity contribution in [2.24, 2.45) is 5.92 Å². The smallest absolute Gasteiger partial charge is 0.333 e. The molecule has 1 saturated heterocycles. The predicted octanol–water partition coefficient (Wildman–Crippen LogP) is 3.90. The first-order valence-electron chi connectivity index (χ1n) is 14.5. The van der Waals surface area contributed by atoms with Crippen molar-refractivity contribution in [1.82, 2.24) is 29.7 Å². The summed E-state index contributed by atoms with van der Waals surface area (Å²) in [5.74, 6) is 0.681. The second-order valence-corrected chi connectivity index (χ2v) is 11.5. The summed E-state index contributed by atoms with van der Waals surface area (Å²) in [5.41, 5.74) is 3.50. The number of carbonyl (C=O) groups excluding carboxylic acids is 1. The number of carbonyl (C=O) groups is 1. The molecule has 1 aliphatic carbocycles. The highest BCUT2D eigenvalue weighted by atomic mass is 35.5. The summed E-state index contributed by atoms with van der Waals surface area (Å²) in [6.45, 7) is 5.13. The molecule has 0 bridgehead atoms. The third kappa shape index (κ3) is 6.21. The lowest BCUT2D eigenvalue weighted by atomic mass is 9.85. The van der Waals surface area contributed by atoms with Crippen LogP contribution in [0.15, 0.2) is 59.7 Å². The molecule has 1 aromatic carbocycles. The molecule has 1 saturated carbocycles. The first kappa shape index (κ1) is 28.4. The molecule has 10 nitrogen and oxygen atoms in total. The lowest BCUT2D eigenvalue weighted by Crippen LogP contribution is -2.41. The molecule has 2 N–H and O–H groups in total. The van der Waals surface area contributed by atoms with Crippen molar-refractivity contribution in [2.45, 2.75) is 51.3 Å². The molecule has 0 radical (unpaired) electrons. The zero-order valence-electron chi connectivity index (χ0n) is 23.6. The van der Waals surface area contributed by atoms with Gasteiger partial charge in [-0.3, -0.25) is 18.9 Å². The maximum absolute atomic E-state index is 13.8. The summed E-state index contributed by atoms with van der Waals surface area (Å²) in [7, 11) is 0. The number of rotatable bonds is 8. The van der Waals surface area contributed by atoms with Gasteiger partial charge in [-0.25, -0.2) is 9.78 Å². The highest BCUT2D eigenvalue weighted by Crippen LogP contribution is 2.28. The molecule has 1 atom stereocenters. The van der Waals surface area contributed by atoms with E-state index in [1.807, 2.05) is 34.9 Å². The van der Waals surface area contributed by atoms with Crippen molar-refractivity contribution >= 4 is 28.5 Å². The maximum Gasteiger partial charge on any atom is 0.333 e. The van der Waals surface area contributed by atoms with E-state index in [1.54, 1.807) is 36.0 Å². The van der Waals surface area contributed by atoms with Gasteiger partial charge in [-0.2, -0.15) is 0 Å². The second kappa shape index (κ2) is 12.6. The molecular formula is C31H35ClN6O4. The van der Waals surface area contributed by atoms with Gasteiger partial charge in [-0.1, -0.05) is 23.7 Å². The fourth-order valence-electron chi connectivity index (χ4n) is 5.88. The Morgan fingerprint density at radius 2 is 1.93 bits per heavy atom. The van der Waals surface area contributed by atoms with E-state index in [0.29, 0.717) is 53.5 Å². The van der Waals surface area contributed by atoms with E-state index >= 15 is 0 Å². The number of para-hydroxylation sites is 2. The van der Waals surface area contributed by atoms with Crippen molar-refractivity contribution in [3.8, 4) is 11.6 Å². The van der Waals surface area contributed by atoms with Gasteiger partial charge >= 0.3 is 5.69 Å². The Labute approximate surface area is 249 Å². The van der Waals surface area contributed by atoms with Gasteiger partial charge in [0, 0.05) is 37.9 Å². The number of hydrogen-bond donors (Lipinski definition) is 2. The fraction of sp³-hybridized carbons (Fsp3) is 0.419. The number of nitrogens with zero attached hydrogens (tertiary/aromatic N) is 4. The van der Waals surface area contributed by atoms with E-state index in [4.69, 9.17) is 21.1 Å². The molecule has 6 rings (SSSR count). The molecule has 2 aliphatic rings. The van der Waals surface area contributed by atoms with Gasteiger partial charge in [0.25, 0.3) is 5.91 Å². The summed E-state index contributed by atoms with van der Waals surface area (Å²) in [5, 5.41) is 6.88. The Balaban J connectivity index is 1.12. The van der Waals surface area contributed by atoms with Gasteiger partial charge in [-0.15, -0.1) is 0 Å². The zero-order chi connectivity index (χ0) is 29.1. The Kier molecular flexibility index (Phi) is 8.55. The van der Waals surface area contributed by atoms with Crippen LogP contribution in [0.5, 0.6) is 5.88 Å². The van der Waals surface area contributed by atoms with Gasteiger partial charge in [0.2, 0.25) is 5.88 Å². The van der Waals surface area contributed by atoms with Crippen LogP contribution in [0.3, 0.4) is 0 Å². The number of morpholine rings is 1. The Hall–Kier alpha value is -3.73. The van der Waals surface area contributed by atoms with Gasteiger partial charge < -0.3 is 20.1 Å². The molecule has 4 heterocycles. The number of amides is 1. The zero-order valence-corrected chi connectivity index (χ0v) is 24.3. The number of fused-ring (bicyclic) bond motifs is 1. The number of aromatic nitrogens is 4. The van der Waals surface area contributed by atoms with Gasteiger partial charge in [0.05, 0.1) is 45.8 Å². The normalized spacial score (nSPS) is 20.9. The van der Waals surface area contributed by atoms with Crippen LogP contribution >= 0.6 is 11.6 Å². The third-order valence-corrected chi connectivity index (χ3v) is 8.36. The average molecular weight is 591 g/mol. The molecular weight excluding hydrogens is 556 g/mol. The summed E-state index contributed by atoms with van der Waals surface area (Å²) < 4.78 is 15.1. The Morgan fingerprint density at radius 3 is 2.67 bits per heavy atom. The number of hydrogen-bond acceptors (Lipinski definition) is 7. The lowest BCUT2D eigenvalue weighted by molar-refractivity contribution is -0.000739.